The summed E-state index contributed by atoms with van der Waals surface area (Å²) in [5.41, 5.74) is 3.11. The van der Waals surface area contributed by atoms with Crippen LogP contribution in [0.2, 0.25) is 0 Å². The molecule has 0 saturated carbocycles. The van der Waals surface area contributed by atoms with Crippen LogP contribution in [0.5, 0.6) is 0 Å². The summed E-state index contributed by atoms with van der Waals surface area (Å²) in [5.74, 6) is -1.65. The van der Waals surface area contributed by atoms with Gasteiger partial charge in [0, 0.05) is 48.3 Å². The molecule has 2 heterocycles. The van der Waals surface area contributed by atoms with Crippen molar-refractivity contribution in [3.05, 3.63) is 128 Å². The molecule has 0 unspecified atom stereocenters. The zero-order valence-corrected chi connectivity index (χ0v) is 28.9. The van der Waals surface area contributed by atoms with E-state index in [1.54, 1.807) is 30.9 Å². The van der Waals surface area contributed by atoms with Gasteiger partial charge in [0.05, 0.1) is 41.5 Å². The molecule has 0 spiro atoms. The maximum atomic E-state index is 14.7. The van der Waals surface area contributed by atoms with Crippen LogP contribution in [0.3, 0.4) is 0 Å². The van der Waals surface area contributed by atoms with Gasteiger partial charge < -0.3 is 28.3 Å². The van der Waals surface area contributed by atoms with Gasteiger partial charge in [-0.25, -0.2) is 4.79 Å². The van der Waals surface area contributed by atoms with Gasteiger partial charge in [-0.15, -0.1) is 0 Å². The number of hydrogen-bond donors (Lipinski definition) is 0. The molecule has 2 aliphatic heterocycles. The summed E-state index contributed by atoms with van der Waals surface area (Å²) < 4.78 is 38.2. The SMILES string of the molecule is COCN1C(C)=C(C(=O)OCCN(Cc2ccccc2)c2ccccc2)[C@H](c2cccc([N+](=O)[O-])c2)C(P2(=O)OCC(C)(C)CO2)=C1C. The van der Waals surface area contributed by atoms with Crippen molar-refractivity contribution in [2.75, 3.05) is 45.1 Å². The molecule has 0 aromatic heterocycles. The minimum atomic E-state index is -4.01. The molecular weight excluding hydrogens is 633 g/mol. The Balaban J connectivity index is 1.52. The fourth-order valence-electron chi connectivity index (χ4n) is 5.98. The summed E-state index contributed by atoms with van der Waals surface area (Å²) >= 11 is 0. The maximum absolute atomic E-state index is 14.7. The lowest BCUT2D eigenvalue weighted by atomic mass is 9.85. The molecule has 48 heavy (non-hydrogen) atoms. The zero-order valence-electron chi connectivity index (χ0n) is 28.0. The number of esters is 1. The molecule has 11 nitrogen and oxygen atoms in total. The minimum absolute atomic E-state index is 0.0418. The number of nitrogens with zero attached hydrogens (tertiary/aromatic N) is 3. The van der Waals surface area contributed by atoms with Crippen LogP contribution in [0, 0.1) is 15.5 Å². The molecule has 0 bridgehead atoms. The van der Waals surface area contributed by atoms with E-state index in [2.05, 4.69) is 4.90 Å². The predicted molar refractivity (Wildman–Crippen MR) is 183 cm³/mol. The molecule has 0 amide bonds. The van der Waals surface area contributed by atoms with E-state index < -0.39 is 24.4 Å². The highest BCUT2D eigenvalue weighted by Gasteiger charge is 2.49. The van der Waals surface area contributed by atoms with Crippen molar-refractivity contribution in [3.8, 4) is 0 Å². The number of carbonyl (C=O) groups is 1. The molecule has 0 aliphatic carbocycles. The number of nitro groups is 1. The molecule has 0 radical (unpaired) electrons. The van der Waals surface area contributed by atoms with Crippen molar-refractivity contribution in [2.45, 2.75) is 40.2 Å². The second-order valence-corrected chi connectivity index (χ2v) is 14.7. The van der Waals surface area contributed by atoms with E-state index in [9.17, 15) is 19.5 Å². The predicted octanol–water partition coefficient (Wildman–Crippen LogP) is 7.62. The van der Waals surface area contributed by atoms with Crippen molar-refractivity contribution in [3.63, 3.8) is 0 Å². The smallest absolute Gasteiger partial charge is 0.360 e. The number of para-hydroxylation sites is 1. The molecular formula is C36H42N3O8P. The number of carbonyl (C=O) groups excluding carboxylic acids is 1. The van der Waals surface area contributed by atoms with Crippen LogP contribution in [0.4, 0.5) is 11.4 Å². The van der Waals surface area contributed by atoms with Gasteiger partial charge in [-0.3, -0.25) is 14.7 Å². The first-order chi connectivity index (χ1) is 22.9. The minimum Gasteiger partial charge on any atom is -0.460 e. The van der Waals surface area contributed by atoms with E-state index in [0.717, 1.165) is 11.3 Å². The lowest BCUT2D eigenvalue weighted by molar-refractivity contribution is -0.384. The third-order valence-electron chi connectivity index (χ3n) is 8.50. The van der Waals surface area contributed by atoms with Gasteiger partial charge in [-0.05, 0) is 37.1 Å². The monoisotopic (exact) mass is 675 g/mol. The summed E-state index contributed by atoms with van der Waals surface area (Å²) in [7, 11) is -2.49. The third kappa shape index (κ3) is 7.71. The first-order valence-electron chi connectivity index (χ1n) is 15.8. The van der Waals surface area contributed by atoms with Gasteiger partial charge in [0.15, 0.2) is 0 Å². The normalized spacial score (nSPS) is 18.9. The Kier molecular flexibility index (Phi) is 10.9. The quantitative estimate of drug-likeness (QED) is 0.0821. The van der Waals surface area contributed by atoms with E-state index >= 15 is 0 Å². The van der Waals surface area contributed by atoms with Crippen LogP contribution < -0.4 is 4.90 Å². The van der Waals surface area contributed by atoms with Gasteiger partial charge >= 0.3 is 13.6 Å². The number of anilines is 1. The van der Waals surface area contributed by atoms with Crippen molar-refractivity contribution < 1.29 is 32.8 Å². The number of benzene rings is 3. The Hall–Kier alpha value is -4.28. The highest BCUT2D eigenvalue weighted by atomic mass is 31.2. The van der Waals surface area contributed by atoms with E-state index in [1.165, 1.54) is 19.2 Å². The zero-order chi connectivity index (χ0) is 34.5. The number of non-ortho nitro benzene ring substituents is 1. The maximum Gasteiger partial charge on any atom is 0.360 e. The fourth-order valence-corrected chi connectivity index (χ4v) is 8.49. The molecule has 5 rings (SSSR count). The Labute approximate surface area is 281 Å². The second kappa shape index (κ2) is 14.9. The van der Waals surface area contributed by atoms with Gasteiger partial charge in [0.1, 0.15) is 13.3 Å². The molecule has 2 aliphatic rings. The van der Waals surface area contributed by atoms with E-state index in [1.807, 2.05) is 74.5 Å². The van der Waals surface area contributed by atoms with Gasteiger partial charge in [0.25, 0.3) is 5.69 Å². The number of methoxy groups -OCH3 is 1. The number of hydrogen-bond acceptors (Lipinski definition) is 10. The van der Waals surface area contributed by atoms with Crippen LogP contribution in [0.1, 0.15) is 44.7 Å². The van der Waals surface area contributed by atoms with Crippen LogP contribution in [-0.4, -0.2) is 56.0 Å². The Morgan fingerprint density at radius 3 is 2.27 bits per heavy atom. The van der Waals surface area contributed by atoms with Crippen molar-refractivity contribution in [1.29, 1.82) is 0 Å². The molecule has 0 N–H and O–H groups in total. The Morgan fingerprint density at radius 1 is 1.00 bits per heavy atom. The van der Waals surface area contributed by atoms with Crippen LogP contribution in [0.25, 0.3) is 0 Å². The highest BCUT2D eigenvalue weighted by molar-refractivity contribution is 7.58. The lowest BCUT2D eigenvalue weighted by Gasteiger charge is -2.42. The summed E-state index contributed by atoms with van der Waals surface area (Å²) in [6.45, 7) is 8.80. The van der Waals surface area contributed by atoms with Crippen LogP contribution in [-0.2, 0) is 34.4 Å². The topological polar surface area (TPSA) is 121 Å². The number of nitro benzene ring substituents is 1. The number of allylic oxidation sites excluding steroid dienone is 3. The summed E-state index contributed by atoms with van der Waals surface area (Å²) in [6.07, 6.45) is 0. The van der Waals surface area contributed by atoms with Crippen LogP contribution in [0.15, 0.2) is 107 Å². The first kappa shape index (κ1) is 35.0. The average Bonchev–Trinajstić information content (AvgIpc) is 3.08. The van der Waals surface area contributed by atoms with E-state index in [-0.39, 0.29) is 48.5 Å². The van der Waals surface area contributed by atoms with Gasteiger partial charge in [-0.1, -0.05) is 74.5 Å². The second-order valence-electron chi connectivity index (χ2n) is 12.7. The third-order valence-corrected chi connectivity index (χ3v) is 10.6. The standard InChI is InChI=1S/C36H42N3O8P/c1-26-32(35(40)45-20-19-37(30-16-10-7-11-17-30)22-28-13-8-6-9-14-28)33(29-15-12-18-31(21-29)39(41)42)34(27(2)38(26)25-44-5)48(43)46-23-36(3,4)24-47-48/h6-18,21,33H,19-20,22-25H2,1-5H3/t33-/m0/s1. The summed E-state index contributed by atoms with van der Waals surface area (Å²) in [5, 5.41) is 12.1. The molecule has 12 heteroatoms. The highest BCUT2D eigenvalue weighted by Crippen LogP contribution is 2.67. The van der Waals surface area contributed by atoms with E-state index in [0.29, 0.717) is 30.0 Å². The molecule has 3 aromatic rings. The molecule has 1 saturated heterocycles. The Morgan fingerprint density at radius 2 is 1.65 bits per heavy atom. The summed E-state index contributed by atoms with van der Waals surface area (Å²) in [4.78, 5) is 29.5. The molecule has 1 fully saturated rings. The molecule has 254 valence electrons. The molecule has 1 atom stereocenters. The lowest BCUT2D eigenvalue weighted by Crippen LogP contribution is -2.36. The first-order valence-corrected chi connectivity index (χ1v) is 17.3. The van der Waals surface area contributed by atoms with Crippen LogP contribution >= 0.6 is 7.60 Å². The fraction of sp³-hybridized carbons (Fsp3) is 0.361. The van der Waals surface area contributed by atoms with Gasteiger partial charge in [0.2, 0.25) is 0 Å². The largest absolute Gasteiger partial charge is 0.460 e. The van der Waals surface area contributed by atoms with Crippen molar-refractivity contribution in [1.82, 2.24) is 4.90 Å². The van der Waals surface area contributed by atoms with E-state index in [4.69, 9.17) is 18.5 Å². The van der Waals surface area contributed by atoms with Crippen molar-refractivity contribution in [2.24, 2.45) is 5.41 Å². The van der Waals surface area contributed by atoms with Gasteiger partial charge in [-0.2, -0.15) is 0 Å². The number of rotatable bonds is 12. The average molecular weight is 676 g/mol. The Bertz CT molecular complexity index is 1730. The van der Waals surface area contributed by atoms with Crippen molar-refractivity contribution >= 4 is 24.9 Å². The number of ether oxygens (including phenoxy) is 2. The molecule has 3 aromatic carbocycles. The summed E-state index contributed by atoms with van der Waals surface area (Å²) in [6, 6.07) is 25.9.